The van der Waals surface area contributed by atoms with Crippen molar-refractivity contribution in [1.29, 1.82) is 0 Å². The van der Waals surface area contributed by atoms with Gasteiger partial charge in [-0.2, -0.15) is 5.90 Å². The van der Waals surface area contributed by atoms with Gasteiger partial charge in [0.1, 0.15) is 12.4 Å². The second kappa shape index (κ2) is 4.27. The number of benzene rings is 1. The van der Waals surface area contributed by atoms with Gasteiger partial charge in [-0.05, 0) is 17.7 Å². The Morgan fingerprint density at radius 2 is 2.00 bits per heavy atom. The number of hydrogen-bond acceptors (Lipinski definition) is 5. The van der Waals surface area contributed by atoms with Gasteiger partial charge in [0.25, 0.3) is 5.09 Å². The van der Waals surface area contributed by atoms with Crippen LogP contribution in [-0.4, -0.2) is 5.09 Å². The first kappa shape index (κ1) is 9.27. The molecule has 13 heavy (non-hydrogen) atoms. The molecule has 0 saturated heterocycles. The van der Waals surface area contributed by atoms with E-state index >= 15 is 0 Å². The molecule has 0 aliphatic carbocycles. The van der Waals surface area contributed by atoms with Gasteiger partial charge < -0.3 is 9.68 Å². The minimum Gasteiger partial charge on any atom is -0.412 e. The molecule has 70 valence electrons. The quantitative estimate of drug-likeness (QED) is 0.548. The van der Waals surface area contributed by atoms with Crippen LogP contribution >= 0.6 is 0 Å². The van der Waals surface area contributed by atoms with Crippen molar-refractivity contribution in [1.82, 2.24) is 0 Å². The standard InChI is InChI=1S/C7H8N2O4/c8-13-7-3-1-6(2-4-7)5-12-9(10)11/h1-4H,5,8H2. The number of rotatable bonds is 4. The van der Waals surface area contributed by atoms with Gasteiger partial charge in [0.15, 0.2) is 0 Å². The molecule has 0 radical (unpaired) electrons. The second-order valence-corrected chi connectivity index (χ2v) is 2.26. The fraction of sp³-hybridized carbons (Fsp3) is 0.143. The molecular weight excluding hydrogens is 176 g/mol. The molecule has 1 rings (SSSR count). The van der Waals surface area contributed by atoms with Crippen LogP contribution in [0.25, 0.3) is 0 Å². The van der Waals surface area contributed by atoms with Crippen LogP contribution in [0.4, 0.5) is 0 Å². The lowest BCUT2D eigenvalue weighted by Crippen LogP contribution is -2.02. The maximum Gasteiger partial charge on any atom is 0.294 e. The fourth-order valence-electron chi connectivity index (χ4n) is 0.791. The van der Waals surface area contributed by atoms with Gasteiger partial charge in [-0.3, -0.25) is 0 Å². The summed E-state index contributed by atoms with van der Waals surface area (Å²) in [5, 5.41) is 8.99. The topological polar surface area (TPSA) is 87.6 Å². The van der Waals surface area contributed by atoms with Gasteiger partial charge >= 0.3 is 0 Å². The maximum atomic E-state index is 9.83. The molecule has 0 atom stereocenters. The van der Waals surface area contributed by atoms with Crippen molar-refractivity contribution in [3.63, 3.8) is 0 Å². The van der Waals surface area contributed by atoms with Gasteiger partial charge in [0, 0.05) is 0 Å². The van der Waals surface area contributed by atoms with E-state index in [-0.39, 0.29) is 6.61 Å². The van der Waals surface area contributed by atoms with Crippen molar-refractivity contribution >= 4 is 0 Å². The zero-order valence-corrected chi connectivity index (χ0v) is 6.67. The summed E-state index contributed by atoms with van der Waals surface area (Å²) in [7, 11) is 0. The lowest BCUT2D eigenvalue weighted by molar-refractivity contribution is -0.763. The molecule has 2 N–H and O–H groups in total. The first-order valence-corrected chi connectivity index (χ1v) is 3.45. The summed E-state index contributed by atoms with van der Waals surface area (Å²) in [5.74, 6) is 5.37. The van der Waals surface area contributed by atoms with E-state index < -0.39 is 5.09 Å². The SMILES string of the molecule is NOc1ccc(CO[N+](=O)[O-])cc1. The highest BCUT2D eigenvalue weighted by Gasteiger charge is 1.97. The number of nitrogens with two attached hydrogens (primary N) is 1. The zero-order chi connectivity index (χ0) is 9.68. The Balaban J connectivity index is 2.54. The summed E-state index contributed by atoms with van der Waals surface area (Å²) in [6.45, 7) is -0.0716. The Kier molecular flexibility index (Phi) is 3.04. The van der Waals surface area contributed by atoms with Crippen molar-refractivity contribution in [3.05, 3.63) is 39.9 Å². The number of hydrogen-bond donors (Lipinski definition) is 1. The summed E-state index contributed by atoms with van der Waals surface area (Å²) >= 11 is 0. The van der Waals surface area contributed by atoms with Crippen molar-refractivity contribution in [2.45, 2.75) is 6.61 Å². The van der Waals surface area contributed by atoms with Crippen LogP contribution in [-0.2, 0) is 11.4 Å². The highest BCUT2D eigenvalue weighted by atomic mass is 16.9. The summed E-state index contributed by atoms with van der Waals surface area (Å²) < 4.78 is 0. The van der Waals surface area contributed by atoms with E-state index in [2.05, 4.69) is 9.68 Å². The lowest BCUT2D eigenvalue weighted by atomic mass is 10.2. The van der Waals surface area contributed by atoms with Gasteiger partial charge in [-0.1, -0.05) is 12.1 Å². The van der Waals surface area contributed by atoms with Crippen molar-refractivity contribution in [3.8, 4) is 5.75 Å². The van der Waals surface area contributed by atoms with Crippen LogP contribution in [0, 0.1) is 10.1 Å². The van der Waals surface area contributed by atoms with Crippen LogP contribution in [0.5, 0.6) is 5.75 Å². The molecule has 0 saturated carbocycles. The molecule has 6 heteroatoms. The first-order chi connectivity index (χ1) is 6.22. The van der Waals surface area contributed by atoms with Crippen LogP contribution < -0.4 is 10.7 Å². The summed E-state index contributed by atoms with van der Waals surface area (Å²) in [6, 6.07) is 6.45. The average molecular weight is 184 g/mol. The van der Waals surface area contributed by atoms with Crippen molar-refractivity contribution in [2.75, 3.05) is 0 Å². The summed E-state index contributed by atoms with van der Waals surface area (Å²) in [4.78, 5) is 18.4. The Hall–Kier alpha value is -1.82. The fourth-order valence-corrected chi connectivity index (χ4v) is 0.791. The van der Waals surface area contributed by atoms with E-state index in [1.807, 2.05) is 0 Å². The third-order valence-electron chi connectivity index (χ3n) is 1.40. The molecular formula is C7H8N2O4. The third-order valence-corrected chi connectivity index (χ3v) is 1.40. The molecule has 1 aromatic rings. The molecule has 0 aliphatic rings. The summed E-state index contributed by atoms with van der Waals surface area (Å²) in [5.41, 5.74) is 0.678. The minimum absolute atomic E-state index is 0.0716. The predicted molar refractivity (Wildman–Crippen MR) is 43.0 cm³/mol. The van der Waals surface area contributed by atoms with Gasteiger partial charge in [-0.25, -0.2) is 0 Å². The molecule has 0 unspecified atom stereocenters. The molecule has 0 heterocycles. The van der Waals surface area contributed by atoms with E-state index in [0.717, 1.165) is 0 Å². The smallest absolute Gasteiger partial charge is 0.294 e. The van der Waals surface area contributed by atoms with Crippen LogP contribution in [0.3, 0.4) is 0 Å². The highest BCUT2D eigenvalue weighted by molar-refractivity contribution is 5.26. The maximum absolute atomic E-state index is 9.83. The Morgan fingerprint density at radius 1 is 1.38 bits per heavy atom. The van der Waals surface area contributed by atoms with Crippen molar-refractivity contribution in [2.24, 2.45) is 5.90 Å². The monoisotopic (exact) mass is 184 g/mol. The molecule has 1 aromatic carbocycles. The molecule has 0 aliphatic heterocycles. The third kappa shape index (κ3) is 2.96. The van der Waals surface area contributed by atoms with Gasteiger partial charge in [0.2, 0.25) is 0 Å². The lowest BCUT2D eigenvalue weighted by Gasteiger charge is -2.00. The Morgan fingerprint density at radius 3 is 2.46 bits per heavy atom. The molecule has 6 nitrogen and oxygen atoms in total. The first-order valence-electron chi connectivity index (χ1n) is 3.45. The van der Waals surface area contributed by atoms with Gasteiger partial charge in [-0.15, -0.1) is 10.1 Å². The minimum atomic E-state index is -0.840. The summed E-state index contributed by atoms with van der Waals surface area (Å²) in [6.07, 6.45) is 0. The molecule has 0 fully saturated rings. The zero-order valence-electron chi connectivity index (χ0n) is 6.67. The Bertz CT molecular complexity index is 285. The average Bonchev–Trinajstić information content (AvgIpc) is 2.15. The molecule has 0 amide bonds. The largest absolute Gasteiger partial charge is 0.412 e. The number of nitrogens with zero attached hydrogens (tertiary/aromatic N) is 1. The Labute approximate surface area is 73.9 Å². The molecule has 0 spiro atoms. The normalized spacial score (nSPS) is 9.31. The van der Waals surface area contributed by atoms with Crippen LogP contribution in [0.15, 0.2) is 24.3 Å². The van der Waals surface area contributed by atoms with Crippen molar-refractivity contribution < 1.29 is 14.8 Å². The molecule has 0 bridgehead atoms. The second-order valence-electron chi connectivity index (χ2n) is 2.26. The van der Waals surface area contributed by atoms with Crippen LogP contribution in [0.1, 0.15) is 5.56 Å². The predicted octanol–water partition coefficient (Wildman–Crippen LogP) is 0.647. The van der Waals surface area contributed by atoms with E-state index in [0.29, 0.717) is 11.3 Å². The molecule has 0 aromatic heterocycles. The van der Waals surface area contributed by atoms with E-state index in [9.17, 15) is 10.1 Å². The highest BCUT2D eigenvalue weighted by Crippen LogP contribution is 2.10. The van der Waals surface area contributed by atoms with E-state index in [1.165, 1.54) is 0 Å². The van der Waals surface area contributed by atoms with E-state index in [1.54, 1.807) is 24.3 Å². The van der Waals surface area contributed by atoms with Crippen LogP contribution in [0.2, 0.25) is 0 Å². The van der Waals surface area contributed by atoms with Gasteiger partial charge in [0.05, 0.1) is 0 Å². The van der Waals surface area contributed by atoms with E-state index in [4.69, 9.17) is 5.90 Å².